The maximum absolute atomic E-state index is 5.51. The fourth-order valence-electron chi connectivity index (χ4n) is 3.11. The van der Waals surface area contributed by atoms with E-state index in [4.69, 9.17) is 9.72 Å². The summed E-state index contributed by atoms with van der Waals surface area (Å²) < 4.78 is 7.63. The van der Waals surface area contributed by atoms with E-state index in [1.54, 1.807) is 19.5 Å². The molecular weight excluding hydrogens is 322 g/mol. The molecule has 0 N–H and O–H groups in total. The molecule has 4 nitrogen and oxygen atoms in total. The van der Waals surface area contributed by atoms with Gasteiger partial charge in [0.05, 0.1) is 11.4 Å². The SMILES string of the molecule is COCn1c(-c2ccccc2)nc(-c2ccccc2)c1-c1ccncc1. The summed E-state index contributed by atoms with van der Waals surface area (Å²) in [6.45, 7) is 0.418. The Morgan fingerprint density at radius 3 is 2.00 bits per heavy atom. The molecule has 0 radical (unpaired) electrons. The van der Waals surface area contributed by atoms with Crippen LogP contribution in [0.25, 0.3) is 33.9 Å². The molecule has 26 heavy (non-hydrogen) atoms. The topological polar surface area (TPSA) is 39.9 Å². The Morgan fingerprint density at radius 2 is 1.38 bits per heavy atom. The van der Waals surface area contributed by atoms with E-state index in [0.717, 1.165) is 33.9 Å². The summed E-state index contributed by atoms with van der Waals surface area (Å²) in [6, 6.07) is 24.4. The highest BCUT2D eigenvalue weighted by atomic mass is 16.5. The van der Waals surface area contributed by atoms with Crippen LogP contribution < -0.4 is 0 Å². The van der Waals surface area contributed by atoms with Crippen molar-refractivity contribution >= 4 is 0 Å². The summed E-state index contributed by atoms with van der Waals surface area (Å²) in [5, 5.41) is 0. The van der Waals surface area contributed by atoms with E-state index in [9.17, 15) is 0 Å². The van der Waals surface area contributed by atoms with E-state index < -0.39 is 0 Å². The minimum Gasteiger partial charge on any atom is -0.364 e. The summed E-state index contributed by atoms with van der Waals surface area (Å²) in [5.74, 6) is 0.887. The Bertz CT molecular complexity index is 980. The molecule has 0 saturated heterocycles. The molecule has 0 bridgehead atoms. The van der Waals surface area contributed by atoms with Gasteiger partial charge in [-0.15, -0.1) is 0 Å². The minimum atomic E-state index is 0.418. The van der Waals surface area contributed by atoms with E-state index in [-0.39, 0.29) is 0 Å². The molecule has 128 valence electrons. The highest BCUT2D eigenvalue weighted by Crippen LogP contribution is 2.35. The van der Waals surface area contributed by atoms with Gasteiger partial charge in [0.15, 0.2) is 0 Å². The lowest BCUT2D eigenvalue weighted by atomic mass is 10.1. The van der Waals surface area contributed by atoms with E-state index in [1.165, 1.54) is 0 Å². The quantitative estimate of drug-likeness (QED) is 0.519. The molecule has 0 fully saturated rings. The highest BCUT2D eigenvalue weighted by Gasteiger charge is 2.20. The number of imidazole rings is 1. The normalized spacial score (nSPS) is 10.8. The van der Waals surface area contributed by atoms with Crippen LogP contribution in [0.2, 0.25) is 0 Å². The second-order valence-corrected chi connectivity index (χ2v) is 5.95. The van der Waals surface area contributed by atoms with Crippen molar-refractivity contribution in [3.63, 3.8) is 0 Å². The molecule has 0 spiro atoms. The van der Waals surface area contributed by atoms with Gasteiger partial charge < -0.3 is 4.74 Å². The molecule has 2 aromatic heterocycles. The molecular formula is C22H19N3O. The molecule has 0 aliphatic carbocycles. The van der Waals surface area contributed by atoms with Crippen LogP contribution in [0, 0.1) is 0 Å². The number of benzene rings is 2. The Labute approximate surface area is 152 Å². The number of rotatable bonds is 5. The van der Waals surface area contributed by atoms with E-state index in [2.05, 4.69) is 33.8 Å². The summed E-state index contributed by atoms with van der Waals surface area (Å²) in [6.07, 6.45) is 3.60. The van der Waals surface area contributed by atoms with Crippen molar-refractivity contribution in [1.82, 2.24) is 14.5 Å². The third kappa shape index (κ3) is 3.03. The third-order valence-corrected chi connectivity index (χ3v) is 4.26. The number of hydrogen-bond donors (Lipinski definition) is 0. The standard InChI is InChI=1S/C22H19N3O/c1-26-16-25-21(18-12-14-23-15-13-18)20(17-8-4-2-5-9-17)24-22(25)19-10-6-3-7-11-19/h2-15H,16H2,1H3. The van der Waals surface area contributed by atoms with Crippen molar-refractivity contribution in [1.29, 1.82) is 0 Å². The zero-order valence-corrected chi connectivity index (χ0v) is 14.5. The van der Waals surface area contributed by atoms with Crippen molar-refractivity contribution in [3.8, 4) is 33.9 Å². The van der Waals surface area contributed by atoms with Crippen molar-refractivity contribution in [2.45, 2.75) is 6.73 Å². The van der Waals surface area contributed by atoms with Crippen LogP contribution in [0.5, 0.6) is 0 Å². The Balaban J connectivity index is 2.02. The van der Waals surface area contributed by atoms with Gasteiger partial charge in [-0.2, -0.15) is 0 Å². The fourth-order valence-corrected chi connectivity index (χ4v) is 3.11. The van der Waals surface area contributed by atoms with Gasteiger partial charge in [0.2, 0.25) is 0 Å². The van der Waals surface area contributed by atoms with Crippen molar-refractivity contribution in [2.24, 2.45) is 0 Å². The lowest BCUT2D eigenvalue weighted by Crippen LogP contribution is -2.04. The number of aromatic nitrogens is 3. The predicted molar refractivity (Wildman–Crippen MR) is 103 cm³/mol. The Kier molecular flexibility index (Phi) is 4.58. The van der Waals surface area contributed by atoms with Crippen LogP contribution in [0.3, 0.4) is 0 Å². The fraction of sp³-hybridized carbons (Fsp3) is 0.0909. The molecule has 2 heterocycles. The first-order valence-electron chi connectivity index (χ1n) is 8.49. The monoisotopic (exact) mass is 341 g/mol. The van der Waals surface area contributed by atoms with Gasteiger partial charge in [-0.1, -0.05) is 60.7 Å². The molecule has 2 aromatic carbocycles. The third-order valence-electron chi connectivity index (χ3n) is 4.26. The average molecular weight is 341 g/mol. The average Bonchev–Trinajstić information content (AvgIpc) is 3.10. The lowest BCUT2D eigenvalue weighted by molar-refractivity contribution is 0.133. The number of methoxy groups -OCH3 is 1. The van der Waals surface area contributed by atoms with E-state index in [1.807, 2.05) is 48.5 Å². The zero-order chi connectivity index (χ0) is 17.8. The number of nitrogens with zero attached hydrogens (tertiary/aromatic N) is 3. The molecule has 4 heteroatoms. The van der Waals surface area contributed by atoms with Gasteiger partial charge >= 0.3 is 0 Å². The first-order valence-corrected chi connectivity index (χ1v) is 8.49. The number of pyridine rings is 1. The van der Waals surface area contributed by atoms with E-state index in [0.29, 0.717) is 6.73 Å². The molecule has 0 unspecified atom stereocenters. The first kappa shape index (κ1) is 16.2. The Hall–Kier alpha value is -3.24. The summed E-state index contributed by atoms with van der Waals surface area (Å²) >= 11 is 0. The maximum atomic E-state index is 5.51. The van der Waals surface area contributed by atoms with Gasteiger partial charge in [-0.05, 0) is 12.1 Å². The van der Waals surface area contributed by atoms with Gasteiger partial charge in [0.25, 0.3) is 0 Å². The second kappa shape index (κ2) is 7.33. The van der Waals surface area contributed by atoms with Gasteiger partial charge in [-0.25, -0.2) is 4.98 Å². The molecule has 0 aliphatic rings. The first-order chi connectivity index (χ1) is 12.9. The van der Waals surface area contributed by atoms with Crippen LogP contribution in [-0.4, -0.2) is 21.6 Å². The van der Waals surface area contributed by atoms with Gasteiger partial charge in [0.1, 0.15) is 12.6 Å². The molecule has 4 aromatic rings. The summed E-state index contributed by atoms with van der Waals surface area (Å²) in [4.78, 5) is 9.16. The van der Waals surface area contributed by atoms with Crippen LogP contribution in [0.1, 0.15) is 0 Å². The van der Waals surface area contributed by atoms with Crippen molar-refractivity contribution in [2.75, 3.05) is 7.11 Å². The van der Waals surface area contributed by atoms with E-state index >= 15 is 0 Å². The van der Waals surface area contributed by atoms with Crippen molar-refractivity contribution in [3.05, 3.63) is 85.2 Å². The van der Waals surface area contributed by atoms with Gasteiger partial charge in [0, 0.05) is 36.2 Å². The van der Waals surface area contributed by atoms with Crippen LogP contribution in [0.4, 0.5) is 0 Å². The Morgan fingerprint density at radius 1 is 0.769 bits per heavy atom. The molecule has 0 aliphatic heterocycles. The molecule has 0 saturated carbocycles. The largest absolute Gasteiger partial charge is 0.364 e. The van der Waals surface area contributed by atoms with Crippen LogP contribution >= 0.6 is 0 Å². The molecule has 0 amide bonds. The molecule has 0 atom stereocenters. The highest BCUT2D eigenvalue weighted by molar-refractivity contribution is 5.82. The number of ether oxygens (including phenoxy) is 1. The minimum absolute atomic E-state index is 0.418. The predicted octanol–water partition coefficient (Wildman–Crippen LogP) is 4.88. The number of hydrogen-bond acceptors (Lipinski definition) is 3. The lowest BCUT2D eigenvalue weighted by Gasteiger charge is -2.12. The maximum Gasteiger partial charge on any atom is 0.143 e. The van der Waals surface area contributed by atoms with Crippen LogP contribution in [-0.2, 0) is 11.5 Å². The van der Waals surface area contributed by atoms with Crippen LogP contribution in [0.15, 0.2) is 85.2 Å². The summed E-state index contributed by atoms with van der Waals surface area (Å²) in [7, 11) is 1.70. The van der Waals surface area contributed by atoms with Gasteiger partial charge in [-0.3, -0.25) is 9.55 Å². The summed E-state index contributed by atoms with van der Waals surface area (Å²) in [5.41, 5.74) is 5.16. The van der Waals surface area contributed by atoms with Crippen molar-refractivity contribution < 1.29 is 4.74 Å². The smallest absolute Gasteiger partial charge is 0.143 e. The molecule has 4 rings (SSSR count). The zero-order valence-electron chi connectivity index (χ0n) is 14.5. The second-order valence-electron chi connectivity index (χ2n) is 5.95.